The Bertz CT molecular complexity index is 836. The van der Waals surface area contributed by atoms with Crippen LogP contribution < -0.4 is 0 Å². The summed E-state index contributed by atoms with van der Waals surface area (Å²) in [4.78, 5) is 0.633. The molecule has 3 aromatic rings. The van der Waals surface area contributed by atoms with Gasteiger partial charge in [-0.05, 0) is 41.0 Å². The molecule has 0 saturated carbocycles. The van der Waals surface area contributed by atoms with Crippen molar-refractivity contribution >= 4 is 11.8 Å². The summed E-state index contributed by atoms with van der Waals surface area (Å²) >= 11 is 1.46. The van der Waals surface area contributed by atoms with Gasteiger partial charge in [0.05, 0.1) is 11.6 Å². The van der Waals surface area contributed by atoms with Gasteiger partial charge in [-0.15, -0.1) is 11.8 Å². The topological polar surface area (TPSA) is 23.8 Å². The van der Waals surface area contributed by atoms with E-state index in [1.165, 1.54) is 11.8 Å². The molecular weight excluding hydrogens is 305 g/mol. The van der Waals surface area contributed by atoms with Gasteiger partial charge in [-0.2, -0.15) is 5.26 Å². The first-order valence-corrected chi connectivity index (χ1v) is 8.21. The number of hydrogen-bond donors (Lipinski definition) is 0. The molecule has 0 atom stereocenters. The fourth-order valence-electron chi connectivity index (χ4n) is 2.26. The molecule has 23 heavy (non-hydrogen) atoms. The Labute approximate surface area is 139 Å². The van der Waals surface area contributed by atoms with Crippen molar-refractivity contribution < 1.29 is 4.39 Å². The van der Waals surface area contributed by atoms with E-state index in [1.807, 2.05) is 54.6 Å². The highest BCUT2D eigenvalue weighted by Crippen LogP contribution is 2.29. The average molecular weight is 319 g/mol. The Morgan fingerprint density at radius 3 is 2.26 bits per heavy atom. The number of benzene rings is 3. The quantitative estimate of drug-likeness (QED) is 0.580. The SMILES string of the molecule is N#Cc1ccc(CSc2ccc(-c3ccccc3)cc2F)cc1. The van der Waals surface area contributed by atoms with Gasteiger partial charge in [-0.25, -0.2) is 4.39 Å². The minimum Gasteiger partial charge on any atom is -0.206 e. The molecule has 1 nitrogen and oxygen atoms in total. The lowest BCUT2D eigenvalue weighted by Gasteiger charge is -2.07. The summed E-state index contributed by atoms with van der Waals surface area (Å²) in [6.07, 6.45) is 0. The van der Waals surface area contributed by atoms with E-state index in [9.17, 15) is 4.39 Å². The van der Waals surface area contributed by atoms with Gasteiger partial charge in [0.25, 0.3) is 0 Å². The summed E-state index contributed by atoms with van der Waals surface area (Å²) in [5.41, 5.74) is 3.60. The molecule has 0 saturated heterocycles. The Kier molecular flexibility index (Phi) is 4.75. The van der Waals surface area contributed by atoms with Crippen molar-refractivity contribution in [2.24, 2.45) is 0 Å². The van der Waals surface area contributed by atoms with Crippen LogP contribution in [0.2, 0.25) is 0 Å². The van der Waals surface area contributed by atoms with Crippen LogP contribution in [0.4, 0.5) is 4.39 Å². The molecule has 0 radical (unpaired) electrons. The molecule has 0 aliphatic rings. The van der Waals surface area contributed by atoms with Gasteiger partial charge >= 0.3 is 0 Å². The summed E-state index contributed by atoms with van der Waals surface area (Å²) in [6, 6.07) is 24.6. The molecule has 0 spiro atoms. The van der Waals surface area contributed by atoms with E-state index in [0.29, 0.717) is 16.2 Å². The fraction of sp³-hybridized carbons (Fsp3) is 0.0500. The van der Waals surface area contributed by atoms with E-state index in [0.717, 1.165) is 16.7 Å². The van der Waals surface area contributed by atoms with E-state index in [4.69, 9.17) is 5.26 Å². The van der Waals surface area contributed by atoms with Crippen LogP contribution >= 0.6 is 11.8 Å². The molecule has 0 aliphatic carbocycles. The van der Waals surface area contributed by atoms with Crippen LogP contribution in [-0.2, 0) is 5.75 Å². The van der Waals surface area contributed by atoms with Gasteiger partial charge in [0, 0.05) is 10.6 Å². The van der Waals surface area contributed by atoms with Gasteiger partial charge in [0.15, 0.2) is 0 Å². The van der Waals surface area contributed by atoms with Crippen LogP contribution in [0.15, 0.2) is 77.7 Å². The molecule has 0 amide bonds. The smallest absolute Gasteiger partial charge is 0.137 e. The van der Waals surface area contributed by atoms with Crippen LogP contribution in [0.1, 0.15) is 11.1 Å². The number of halogens is 1. The highest BCUT2D eigenvalue weighted by Gasteiger charge is 2.06. The van der Waals surface area contributed by atoms with Gasteiger partial charge in [0.1, 0.15) is 5.82 Å². The highest BCUT2D eigenvalue weighted by atomic mass is 32.2. The number of nitriles is 1. The van der Waals surface area contributed by atoms with E-state index in [2.05, 4.69) is 6.07 Å². The molecule has 3 aromatic carbocycles. The van der Waals surface area contributed by atoms with Crippen molar-refractivity contribution in [2.45, 2.75) is 10.6 Å². The molecule has 0 aromatic heterocycles. The second-order valence-corrected chi connectivity index (χ2v) is 6.13. The average Bonchev–Trinajstić information content (AvgIpc) is 2.62. The lowest BCUT2D eigenvalue weighted by Crippen LogP contribution is -1.86. The highest BCUT2D eigenvalue weighted by molar-refractivity contribution is 7.98. The zero-order chi connectivity index (χ0) is 16.1. The predicted molar refractivity (Wildman–Crippen MR) is 92.6 cm³/mol. The second kappa shape index (κ2) is 7.13. The maximum absolute atomic E-state index is 14.3. The molecule has 112 valence electrons. The molecular formula is C20H14FNS. The maximum atomic E-state index is 14.3. The van der Waals surface area contributed by atoms with Crippen molar-refractivity contribution in [3.63, 3.8) is 0 Å². The Morgan fingerprint density at radius 1 is 0.870 bits per heavy atom. The number of thioether (sulfide) groups is 1. The van der Waals surface area contributed by atoms with E-state index in [-0.39, 0.29) is 5.82 Å². The van der Waals surface area contributed by atoms with Crippen molar-refractivity contribution in [2.75, 3.05) is 0 Å². The monoisotopic (exact) mass is 319 g/mol. The molecule has 0 heterocycles. The van der Waals surface area contributed by atoms with Crippen molar-refractivity contribution in [1.82, 2.24) is 0 Å². The molecule has 0 fully saturated rings. The summed E-state index contributed by atoms with van der Waals surface area (Å²) < 4.78 is 14.3. The minimum atomic E-state index is -0.204. The van der Waals surface area contributed by atoms with E-state index < -0.39 is 0 Å². The summed E-state index contributed by atoms with van der Waals surface area (Å²) in [5, 5.41) is 8.79. The summed E-state index contributed by atoms with van der Waals surface area (Å²) in [7, 11) is 0. The molecule has 3 heteroatoms. The minimum absolute atomic E-state index is 0.204. The number of nitrogens with zero attached hydrogens (tertiary/aromatic N) is 1. The van der Waals surface area contributed by atoms with Gasteiger partial charge in [-0.1, -0.05) is 48.5 Å². The molecule has 3 rings (SSSR count). The van der Waals surface area contributed by atoms with Gasteiger partial charge < -0.3 is 0 Å². The largest absolute Gasteiger partial charge is 0.206 e. The van der Waals surface area contributed by atoms with Crippen LogP contribution in [0.25, 0.3) is 11.1 Å². The Balaban J connectivity index is 1.72. The van der Waals surface area contributed by atoms with E-state index in [1.54, 1.807) is 18.2 Å². The van der Waals surface area contributed by atoms with Gasteiger partial charge in [-0.3, -0.25) is 0 Å². The fourth-order valence-corrected chi connectivity index (χ4v) is 3.14. The molecule has 0 unspecified atom stereocenters. The third-order valence-corrected chi connectivity index (χ3v) is 4.64. The molecule has 0 N–H and O–H groups in total. The normalized spacial score (nSPS) is 10.3. The summed E-state index contributed by atoms with van der Waals surface area (Å²) in [5.74, 6) is 0.470. The second-order valence-electron chi connectivity index (χ2n) is 5.11. The standard InChI is InChI=1S/C20H14FNS/c21-19-12-18(17-4-2-1-3-5-17)10-11-20(19)23-14-16-8-6-15(13-22)7-9-16/h1-12H,14H2. The lowest BCUT2D eigenvalue weighted by molar-refractivity contribution is 0.602. The first-order chi connectivity index (χ1) is 11.3. The summed E-state index contributed by atoms with van der Waals surface area (Å²) in [6.45, 7) is 0. The zero-order valence-electron chi connectivity index (χ0n) is 12.4. The van der Waals surface area contributed by atoms with Crippen LogP contribution in [0.5, 0.6) is 0 Å². The zero-order valence-corrected chi connectivity index (χ0v) is 13.2. The van der Waals surface area contributed by atoms with Crippen molar-refractivity contribution in [3.8, 4) is 17.2 Å². The van der Waals surface area contributed by atoms with Crippen LogP contribution in [0, 0.1) is 17.1 Å². The Morgan fingerprint density at radius 2 is 1.61 bits per heavy atom. The third kappa shape index (κ3) is 3.80. The lowest BCUT2D eigenvalue weighted by atomic mass is 10.1. The third-order valence-electron chi connectivity index (χ3n) is 3.52. The van der Waals surface area contributed by atoms with Gasteiger partial charge in [0.2, 0.25) is 0 Å². The maximum Gasteiger partial charge on any atom is 0.137 e. The molecule has 0 bridgehead atoms. The van der Waals surface area contributed by atoms with Crippen molar-refractivity contribution in [3.05, 3.63) is 89.7 Å². The van der Waals surface area contributed by atoms with Crippen LogP contribution in [0.3, 0.4) is 0 Å². The Hall–Kier alpha value is -2.57. The number of hydrogen-bond acceptors (Lipinski definition) is 2. The van der Waals surface area contributed by atoms with E-state index >= 15 is 0 Å². The molecule has 0 aliphatic heterocycles. The predicted octanol–water partition coefficient (Wildman–Crippen LogP) is 5.66. The number of rotatable bonds is 4. The first-order valence-electron chi connectivity index (χ1n) is 7.23. The van der Waals surface area contributed by atoms with Crippen molar-refractivity contribution in [1.29, 1.82) is 5.26 Å². The first kappa shape index (κ1) is 15.3. The van der Waals surface area contributed by atoms with Crippen LogP contribution in [-0.4, -0.2) is 0 Å².